The zero-order valence-electron chi connectivity index (χ0n) is 12.3. The van der Waals surface area contributed by atoms with Gasteiger partial charge in [-0.1, -0.05) is 25.1 Å². The van der Waals surface area contributed by atoms with Crippen molar-refractivity contribution in [2.45, 2.75) is 25.8 Å². The lowest BCUT2D eigenvalue weighted by molar-refractivity contribution is 0.626. The molecule has 110 valence electrons. The van der Waals surface area contributed by atoms with E-state index in [9.17, 15) is 4.39 Å². The maximum Gasteiger partial charge on any atom is 0.123 e. The van der Waals surface area contributed by atoms with Crippen LogP contribution >= 0.6 is 0 Å². The lowest BCUT2D eigenvalue weighted by Crippen LogP contribution is -2.18. The van der Waals surface area contributed by atoms with E-state index in [2.05, 4.69) is 35.8 Å². The van der Waals surface area contributed by atoms with Crippen LogP contribution in [0.2, 0.25) is 0 Å². The van der Waals surface area contributed by atoms with Gasteiger partial charge < -0.3 is 10.6 Å². The molecular formula is C18H21FN2. The highest BCUT2D eigenvalue weighted by Crippen LogP contribution is 2.26. The van der Waals surface area contributed by atoms with E-state index in [1.54, 1.807) is 12.1 Å². The van der Waals surface area contributed by atoms with Crippen LogP contribution < -0.4 is 10.6 Å². The Morgan fingerprint density at radius 3 is 3.00 bits per heavy atom. The molecule has 2 N–H and O–H groups in total. The predicted octanol–water partition coefficient (Wildman–Crippen LogP) is 3.69. The van der Waals surface area contributed by atoms with Crippen molar-refractivity contribution >= 4 is 5.69 Å². The lowest BCUT2D eigenvalue weighted by atomic mass is 9.95. The highest BCUT2D eigenvalue weighted by atomic mass is 19.1. The predicted molar refractivity (Wildman–Crippen MR) is 85.2 cm³/mol. The molecule has 1 unspecified atom stereocenters. The summed E-state index contributed by atoms with van der Waals surface area (Å²) in [5.74, 6) is 0.342. The molecule has 3 rings (SSSR count). The van der Waals surface area contributed by atoms with Gasteiger partial charge in [0.1, 0.15) is 5.82 Å². The van der Waals surface area contributed by atoms with Gasteiger partial charge in [-0.25, -0.2) is 4.39 Å². The molecule has 0 radical (unpaired) electrons. The first-order valence-corrected chi connectivity index (χ1v) is 7.54. The van der Waals surface area contributed by atoms with Gasteiger partial charge in [0.2, 0.25) is 0 Å². The van der Waals surface area contributed by atoms with Gasteiger partial charge in [-0.3, -0.25) is 0 Å². The van der Waals surface area contributed by atoms with Crippen molar-refractivity contribution in [3.05, 3.63) is 65.0 Å². The average Bonchev–Trinajstić information content (AvgIpc) is 2.67. The number of hydrogen-bond acceptors (Lipinski definition) is 2. The Bertz CT molecular complexity index is 624. The summed E-state index contributed by atoms with van der Waals surface area (Å²) in [5.41, 5.74) is 4.92. The Labute approximate surface area is 125 Å². The molecule has 1 aliphatic rings. The molecule has 0 saturated heterocycles. The lowest BCUT2D eigenvalue weighted by Gasteiger charge is -2.15. The van der Waals surface area contributed by atoms with Crippen LogP contribution in [0.15, 0.2) is 42.5 Å². The minimum absolute atomic E-state index is 0.184. The Kier molecular flexibility index (Phi) is 4.20. The fourth-order valence-electron chi connectivity index (χ4n) is 2.89. The molecule has 3 heteroatoms. The number of halogens is 1. The van der Waals surface area contributed by atoms with Gasteiger partial charge in [-0.2, -0.15) is 0 Å². The maximum absolute atomic E-state index is 13.2. The molecule has 0 fully saturated rings. The summed E-state index contributed by atoms with van der Waals surface area (Å²) in [5, 5.41) is 6.86. The molecule has 0 bridgehead atoms. The molecule has 1 heterocycles. The smallest absolute Gasteiger partial charge is 0.123 e. The second kappa shape index (κ2) is 6.27. The van der Waals surface area contributed by atoms with E-state index in [1.165, 1.54) is 17.2 Å². The minimum atomic E-state index is -0.184. The molecule has 0 saturated carbocycles. The van der Waals surface area contributed by atoms with Crippen molar-refractivity contribution < 1.29 is 4.39 Å². The summed E-state index contributed by atoms with van der Waals surface area (Å²) in [6, 6.07) is 13.3. The van der Waals surface area contributed by atoms with Gasteiger partial charge in [0.05, 0.1) is 0 Å². The fraction of sp³-hybridized carbons (Fsp3) is 0.333. The SMILES string of the molecule is CC1CNCCc2ccc(NCc3cccc(F)c3)cc21. The normalized spacial score (nSPS) is 17.9. The highest BCUT2D eigenvalue weighted by Gasteiger charge is 2.14. The van der Waals surface area contributed by atoms with Gasteiger partial charge in [-0.15, -0.1) is 0 Å². The standard InChI is InChI=1S/C18H21FN2/c1-13-11-20-8-7-15-5-6-17(10-18(13)15)21-12-14-3-2-4-16(19)9-14/h2-6,9-10,13,20-21H,7-8,11-12H2,1H3. The molecule has 0 aliphatic carbocycles. The topological polar surface area (TPSA) is 24.1 Å². The first kappa shape index (κ1) is 14.1. The van der Waals surface area contributed by atoms with Gasteiger partial charge >= 0.3 is 0 Å². The van der Waals surface area contributed by atoms with E-state index >= 15 is 0 Å². The second-order valence-electron chi connectivity index (χ2n) is 5.75. The summed E-state index contributed by atoms with van der Waals surface area (Å²) in [6.07, 6.45) is 1.09. The number of benzene rings is 2. The minimum Gasteiger partial charge on any atom is -0.381 e. The fourth-order valence-corrected chi connectivity index (χ4v) is 2.89. The Hall–Kier alpha value is -1.87. The monoisotopic (exact) mass is 284 g/mol. The van der Waals surface area contributed by atoms with Gasteiger partial charge in [0.15, 0.2) is 0 Å². The third-order valence-corrected chi connectivity index (χ3v) is 4.08. The number of rotatable bonds is 3. The number of hydrogen-bond donors (Lipinski definition) is 2. The van der Waals surface area contributed by atoms with Crippen molar-refractivity contribution in [1.29, 1.82) is 0 Å². The molecule has 1 atom stereocenters. The van der Waals surface area contributed by atoms with Crippen molar-refractivity contribution in [3.63, 3.8) is 0 Å². The largest absolute Gasteiger partial charge is 0.381 e. The van der Waals surface area contributed by atoms with Crippen molar-refractivity contribution in [1.82, 2.24) is 5.32 Å². The first-order chi connectivity index (χ1) is 10.2. The van der Waals surface area contributed by atoms with Crippen LogP contribution in [-0.2, 0) is 13.0 Å². The van der Waals surface area contributed by atoms with E-state index in [1.807, 2.05) is 6.07 Å². The molecule has 21 heavy (non-hydrogen) atoms. The number of anilines is 1. The van der Waals surface area contributed by atoms with Crippen molar-refractivity contribution in [2.75, 3.05) is 18.4 Å². The summed E-state index contributed by atoms with van der Waals surface area (Å²) in [4.78, 5) is 0. The van der Waals surface area contributed by atoms with Crippen LogP contribution in [0.3, 0.4) is 0 Å². The van der Waals surface area contributed by atoms with E-state index in [0.717, 1.165) is 30.8 Å². The molecular weight excluding hydrogens is 263 g/mol. The van der Waals surface area contributed by atoms with Gasteiger partial charge in [0.25, 0.3) is 0 Å². The first-order valence-electron chi connectivity index (χ1n) is 7.54. The molecule has 2 aromatic carbocycles. The average molecular weight is 284 g/mol. The molecule has 2 aromatic rings. The summed E-state index contributed by atoms with van der Waals surface area (Å²) < 4.78 is 13.2. The molecule has 0 amide bonds. The summed E-state index contributed by atoms with van der Waals surface area (Å²) in [7, 11) is 0. The van der Waals surface area contributed by atoms with Gasteiger partial charge in [0, 0.05) is 18.8 Å². The number of fused-ring (bicyclic) bond motifs is 1. The van der Waals surface area contributed by atoms with Crippen LogP contribution in [0.25, 0.3) is 0 Å². The third kappa shape index (κ3) is 3.42. The van der Waals surface area contributed by atoms with Crippen LogP contribution in [0, 0.1) is 5.82 Å². The highest BCUT2D eigenvalue weighted by molar-refractivity contribution is 5.50. The zero-order valence-corrected chi connectivity index (χ0v) is 12.3. The van der Waals surface area contributed by atoms with Crippen LogP contribution in [0.4, 0.5) is 10.1 Å². The summed E-state index contributed by atoms with van der Waals surface area (Å²) in [6.45, 7) is 4.98. The maximum atomic E-state index is 13.2. The molecule has 0 spiro atoms. The Balaban J connectivity index is 1.74. The second-order valence-corrected chi connectivity index (χ2v) is 5.75. The van der Waals surface area contributed by atoms with E-state index in [-0.39, 0.29) is 5.82 Å². The van der Waals surface area contributed by atoms with Crippen molar-refractivity contribution in [3.8, 4) is 0 Å². The zero-order chi connectivity index (χ0) is 14.7. The van der Waals surface area contributed by atoms with Crippen LogP contribution in [0.1, 0.15) is 29.5 Å². The van der Waals surface area contributed by atoms with E-state index in [4.69, 9.17) is 0 Å². The van der Waals surface area contributed by atoms with E-state index < -0.39 is 0 Å². The third-order valence-electron chi connectivity index (χ3n) is 4.08. The van der Waals surface area contributed by atoms with E-state index in [0.29, 0.717) is 12.5 Å². The molecule has 0 aromatic heterocycles. The molecule has 1 aliphatic heterocycles. The van der Waals surface area contributed by atoms with Crippen molar-refractivity contribution in [2.24, 2.45) is 0 Å². The Morgan fingerprint density at radius 2 is 2.14 bits per heavy atom. The van der Waals surface area contributed by atoms with Gasteiger partial charge in [-0.05, 0) is 59.8 Å². The van der Waals surface area contributed by atoms with Crippen LogP contribution in [-0.4, -0.2) is 13.1 Å². The summed E-state index contributed by atoms with van der Waals surface area (Å²) >= 11 is 0. The molecule has 2 nitrogen and oxygen atoms in total. The van der Waals surface area contributed by atoms with Crippen LogP contribution in [0.5, 0.6) is 0 Å². The quantitative estimate of drug-likeness (QED) is 0.898. The Morgan fingerprint density at radius 1 is 1.24 bits per heavy atom. The number of nitrogens with one attached hydrogen (secondary N) is 2.